The number of hydrogen-bond donors (Lipinski definition) is 0. The Balaban J connectivity index is 1.85. The molecule has 0 radical (unpaired) electrons. The summed E-state index contributed by atoms with van der Waals surface area (Å²) in [6.07, 6.45) is 0. The SMILES string of the molecule is COc1ccc(C(=O)N(Cc2nc(-c3cccc(C)c3)no2)C(C)C)c(OC)c1. The van der Waals surface area contributed by atoms with Crippen LogP contribution in [0.1, 0.15) is 35.7 Å². The Bertz CT molecular complexity index is 997. The van der Waals surface area contributed by atoms with Crippen molar-refractivity contribution < 1.29 is 18.8 Å². The topological polar surface area (TPSA) is 77.7 Å². The number of methoxy groups -OCH3 is 2. The van der Waals surface area contributed by atoms with Crippen molar-refractivity contribution in [3.05, 3.63) is 59.5 Å². The van der Waals surface area contributed by atoms with Gasteiger partial charge in [-0.25, -0.2) is 0 Å². The van der Waals surface area contributed by atoms with Gasteiger partial charge in [0.05, 0.1) is 19.8 Å². The fourth-order valence-corrected chi connectivity index (χ4v) is 2.99. The molecule has 3 rings (SSSR count). The van der Waals surface area contributed by atoms with Crippen molar-refractivity contribution in [2.24, 2.45) is 0 Å². The van der Waals surface area contributed by atoms with Crippen molar-refractivity contribution in [2.45, 2.75) is 33.4 Å². The predicted octanol–water partition coefficient (Wildman–Crippen LogP) is 4.11. The van der Waals surface area contributed by atoms with Crippen LogP contribution >= 0.6 is 0 Å². The highest BCUT2D eigenvalue weighted by Gasteiger charge is 2.25. The first kappa shape index (κ1) is 20.4. The van der Waals surface area contributed by atoms with Crippen LogP contribution in [0.15, 0.2) is 47.0 Å². The number of ether oxygens (including phenoxy) is 2. The van der Waals surface area contributed by atoms with Gasteiger partial charge in [0.1, 0.15) is 18.0 Å². The standard InChI is InChI=1S/C22H25N3O4/c1-14(2)25(22(26)18-10-9-17(27-4)12-19(18)28-5)13-20-23-21(24-29-20)16-8-6-7-15(3)11-16/h6-12,14H,13H2,1-5H3. The van der Waals surface area contributed by atoms with Crippen molar-refractivity contribution in [2.75, 3.05) is 14.2 Å². The molecule has 0 aliphatic carbocycles. The smallest absolute Gasteiger partial charge is 0.258 e. The van der Waals surface area contributed by atoms with Gasteiger partial charge in [0, 0.05) is 17.7 Å². The van der Waals surface area contributed by atoms with Crippen molar-refractivity contribution in [3.8, 4) is 22.9 Å². The van der Waals surface area contributed by atoms with Gasteiger partial charge in [-0.1, -0.05) is 28.9 Å². The summed E-state index contributed by atoms with van der Waals surface area (Å²) in [4.78, 5) is 19.3. The van der Waals surface area contributed by atoms with E-state index in [0.29, 0.717) is 28.8 Å². The summed E-state index contributed by atoms with van der Waals surface area (Å²) in [5.41, 5.74) is 2.43. The van der Waals surface area contributed by atoms with Gasteiger partial charge in [-0.05, 0) is 39.0 Å². The van der Waals surface area contributed by atoms with Crippen molar-refractivity contribution >= 4 is 5.91 Å². The van der Waals surface area contributed by atoms with E-state index in [2.05, 4.69) is 10.1 Å². The Morgan fingerprint density at radius 1 is 1.14 bits per heavy atom. The van der Waals surface area contributed by atoms with Crippen LogP contribution in [0.5, 0.6) is 11.5 Å². The summed E-state index contributed by atoms with van der Waals surface area (Å²) in [6, 6.07) is 12.9. The number of aryl methyl sites for hydroxylation is 1. The number of benzene rings is 2. The number of rotatable bonds is 7. The third-order valence-electron chi connectivity index (χ3n) is 4.57. The lowest BCUT2D eigenvalue weighted by Crippen LogP contribution is -2.36. The second-order valence-electron chi connectivity index (χ2n) is 6.97. The van der Waals surface area contributed by atoms with Crippen LogP contribution < -0.4 is 9.47 Å². The van der Waals surface area contributed by atoms with Gasteiger partial charge < -0.3 is 18.9 Å². The molecule has 0 spiro atoms. The van der Waals surface area contributed by atoms with Crippen LogP contribution in [0.3, 0.4) is 0 Å². The maximum Gasteiger partial charge on any atom is 0.258 e. The summed E-state index contributed by atoms with van der Waals surface area (Å²) in [5.74, 6) is 1.76. The molecule has 0 saturated carbocycles. The van der Waals surface area contributed by atoms with Gasteiger partial charge in [-0.3, -0.25) is 4.79 Å². The van der Waals surface area contributed by atoms with Crippen LogP contribution in [0.2, 0.25) is 0 Å². The number of amides is 1. The Hall–Kier alpha value is -3.35. The molecule has 2 aromatic carbocycles. The maximum atomic E-state index is 13.2. The summed E-state index contributed by atoms with van der Waals surface area (Å²) >= 11 is 0. The number of aromatic nitrogens is 2. The van der Waals surface area contributed by atoms with Crippen LogP contribution in [0, 0.1) is 6.92 Å². The molecule has 0 unspecified atom stereocenters. The number of carbonyl (C=O) groups excluding carboxylic acids is 1. The van der Waals surface area contributed by atoms with Crippen molar-refractivity contribution in [3.63, 3.8) is 0 Å². The van der Waals surface area contributed by atoms with E-state index in [-0.39, 0.29) is 18.5 Å². The van der Waals surface area contributed by atoms with E-state index in [0.717, 1.165) is 11.1 Å². The molecular formula is C22H25N3O4. The van der Waals surface area contributed by atoms with Gasteiger partial charge in [-0.2, -0.15) is 4.98 Å². The first-order valence-corrected chi connectivity index (χ1v) is 9.35. The zero-order valence-electron chi connectivity index (χ0n) is 17.3. The third kappa shape index (κ3) is 4.56. The van der Waals surface area contributed by atoms with Gasteiger partial charge in [-0.15, -0.1) is 0 Å². The fourth-order valence-electron chi connectivity index (χ4n) is 2.99. The number of nitrogens with zero attached hydrogens (tertiary/aromatic N) is 3. The molecule has 1 heterocycles. The molecule has 0 atom stereocenters. The molecule has 1 aromatic heterocycles. The third-order valence-corrected chi connectivity index (χ3v) is 4.57. The summed E-state index contributed by atoms with van der Waals surface area (Å²) in [5, 5.41) is 4.06. The maximum absolute atomic E-state index is 13.2. The summed E-state index contributed by atoms with van der Waals surface area (Å²) in [7, 11) is 3.09. The Morgan fingerprint density at radius 3 is 2.59 bits per heavy atom. The van der Waals surface area contributed by atoms with Crippen LogP contribution in [0.25, 0.3) is 11.4 Å². The van der Waals surface area contributed by atoms with Crippen LogP contribution in [-0.2, 0) is 6.54 Å². The van der Waals surface area contributed by atoms with Gasteiger partial charge >= 0.3 is 0 Å². The molecule has 3 aromatic rings. The molecule has 0 bridgehead atoms. The van der Waals surface area contributed by atoms with E-state index in [9.17, 15) is 4.79 Å². The van der Waals surface area contributed by atoms with E-state index in [1.165, 1.54) is 7.11 Å². The van der Waals surface area contributed by atoms with Crippen LogP contribution in [-0.4, -0.2) is 41.2 Å². The lowest BCUT2D eigenvalue weighted by atomic mass is 10.1. The highest BCUT2D eigenvalue weighted by molar-refractivity contribution is 5.97. The molecule has 0 aliphatic rings. The van der Waals surface area contributed by atoms with E-state index in [1.54, 1.807) is 30.2 Å². The summed E-state index contributed by atoms with van der Waals surface area (Å²) < 4.78 is 16.0. The Labute approximate surface area is 170 Å². The number of carbonyl (C=O) groups is 1. The van der Waals surface area contributed by atoms with Crippen LogP contribution in [0.4, 0.5) is 0 Å². The van der Waals surface area contributed by atoms with Gasteiger partial charge in [0.15, 0.2) is 0 Å². The fraction of sp³-hybridized carbons (Fsp3) is 0.318. The van der Waals surface area contributed by atoms with Gasteiger partial charge in [0.2, 0.25) is 11.7 Å². The summed E-state index contributed by atoms with van der Waals surface area (Å²) in [6.45, 7) is 6.08. The molecule has 7 heteroatoms. The average molecular weight is 395 g/mol. The van der Waals surface area contributed by atoms with Crippen molar-refractivity contribution in [1.82, 2.24) is 15.0 Å². The molecular weight excluding hydrogens is 370 g/mol. The number of hydrogen-bond acceptors (Lipinski definition) is 6. The minimum absolute atomic E-state index is 0.0800. The normalized spacial score (nSPS) is 10.8. The highest BCUT2D eigenvalue weighted by atomic mass is 16.5. The highest BCUT2D eigenvalue weighted by Crippen LogP contribution is 2.27. The lowest BCUT2D eigenvalue weighted by molar-refractivity contribution is 0.0664. The Morgan fingerprint density at radius 2 is 1.93 bits per heavy atom. The minimum atomic E-state index is -0.185. The first-order chi connectivity index (χ1) is 13.9. The molecule has 7 nitrogen and oxygen atoms in total. The molecule has 0 N–H and O–H groups in total. The van der Waals surface area contributed by atoms with E-state index < -0.39 is 0 Å². The average Bonchev–Trinajstić information content (AvgIpc) is 3.19. The first-order valence-electron chi connectivity index (χ1n) is 9.35. The monoisotopic (exact) mass is 395 g/mol. The molecule has 152 valence electrons. The second kappa shape index (κ2) is 8.77. The molecule has 0 aliphatic heterocycles. The zero-order chi connectivity index (χ0) is 21.0. The van der Waals surface area contributed by atoms with Gasteiger partial charge in [0.25, 0.3) is 5.91 Å². The molecule has 0 fully saturated rings. The quantitative estimate of drug-likeness (QED) is 0.599. The van der Waals surface area contributed by atoms with E-state index in [4.69, 9.17) is 14.0 Å². The van der Waals surface area contributed by atoms with E-state index >= 15 is 0 Å². The van der Waals surface area contributed by atoms with E-state index in [1.807, 2.05) is 45.0 Å². The second-order valence-corrected chi connectivity index (χ2v) is 6.97. The lowest BCUT2D eigenvalue weighted by Gasteiger charge is -2.26. The zero-order valence-corrected chi connectivity index (χ0v) is 17.3. The van der Waals surface area contributed by atoms with Crippen molar-refractivity contribution in [1.29, 1.82) is 0 Å². The molecule has 1 amide bonds. The molecule has 29 heavy (non-hydrogen) atoms. The predicted molar refractivity (Wildman–Crippen MR) is 109 cm³/mol. The molecule has 0 saturated heterocycles. The largest absolute Gasteiger partial charge is 0.497 e. The minimum Gasteiger partial charge on any atom is -0.497 e. The Kier molecular flexibility index (Phi) is 6.16.